The molecule has 0 N–H and O–H groups in total. The Morgan fingerprint density at radius 2 is 1.56 bits per heavy atom. The second kappa shape index (κ2) is 9.69. The summed E-state index contributed by atoms with van der Waals surface area (Å²) < 4.78 is 0. The third-order valence-electron chi connectivity index (χ3n) is 3.50. The van der Waals surface area contributed by atoms with Crippen molar-refractivity contribution < 1.29 is 0 Å². The molecule has 0 aliphatic heterocycles. The molecular weight excluding hydrogens is 192 g/mol. The van der Waals surface area contributed by atoms with Gasteiger partial charge in [-0.25, -0.2) is 0 Å². The molecule has 0 amide bonds. The van der Waals surface area contributed by atoms with Gasteiger partial charge in [-0.2, -0.15) is 0 Å². The van der Waals surface area contributed by atoms with Gasteiger partial charge in [0.1, 0.15) is 0 Å². The highest BCUT2D eigenvalue weighted by Crippen LogP contribution is 2.19. The van der Waals surface area contributed by atoms with E-state index in [-0.39, 0.29) is 0 Å². The predicted molar refractivity (Wildman–Crippen MR) is 73.6 cm³/mol. The summed E-state index contributed by atoms with van der Waals surface area (Å²) in [7, 11) is 0. The van der Waals surface area contributed by atoms with E-state index in [1.807, 2.05) is 0 Å². The summed E-state index contributed by atoms with van der Waals surface area (Å²) in [5, 5.41) is 0. The van der Waals surface area contributed by atoms with Crippen LogP contribution in [0.3, 0.4) is 0 Å². The summed E-state index contributed by atoms with van der Waals surface area (Å²) in [6, 6.07) is 0. The molecule has 0 aromatic carbocycles. The van der Waals surface area contributed by atoms with Crippen molar-refractivity contribution in [2.45, 2.75) is 71.1 Å². The molecule has 0 heteroatoms. The van der Waals surface area contributed by atoms with Gasteiger partial charge in [-0.1, -0.05) is 82.6 Å². The Morgan fingerprint density at radius 3 is 2.19 bits per heavy atom. The molecule has 0 bridgehead atoms. The largest absolute Gasteiger partial charge is 0.0840 e. The van der Waals surface area contributed by atoms with Crippen LogP contribution in [0.5, 0.6) is 0 Å². The van der Waals surface area contributed by atoms with Crippen LogP contribution in [0.4, 0.5) is 0 Å². The normalized spacial score (nSPS) is 19.2. The summed E-state index contributed by atoms with van der Waals surface area (Å²) in [6.07, 6.45) is 23.2. The van der Waals surface area contributed by atoms with Crippen LogP contribution in [-0.2, 0) is 0 Å². The van der Waals surface area contributed by atoms with Crippen LogP contribution in [0.15, 0.2) is 24.3 Å². The van der Waals surface area contributed by atoms with Crippen LogP contribution in [0.25, 0.3) is 0 Å². The zero-order valence-corrected chi connectivity index (χ0v) is 11.0. The Labute approximate surface area is 102 Å². The fourth-order valence-electron chi connectivity index (χ4n) is 2.39. The number of unbranched alkanes of at least 4 members (excludes halogenated alkanes) is 7. The topological polar surface area (TPSA) is 0 Å². The van der Waals surface area contributed by atoms with Gasteiger partial charge in [0.2, 0.25) is 0 Å². The van der Waals surface area contributed by atoms with E-state index in [0.717, 1.165) is 5.92 Å². The minimum Gasteiger partial charge on any atom is -0.0840 e. The van der Waals surface area contributed by atoms with Crippen molar-refractivity contribution in [3.8, 4) is 0 Å². The van der Waals surface area contributed by atoms with Crippen molar-refractivity contribution in [3.63, 3.8) is 0 Å². The molecule has 1 unspecified atom stereocenters. The second-order valence-corrected chi connectivity index (χ2v) is 5.07. The average Bonchev–Trinajstić information content (AvgIpc) is 2.34. The maximum Gasteiger partial charge on any atom is -0.0196 e. The van der Waals surface area contributed by atoms with Crippen LogP contribution in [-0.4, -0.2) is 0 Å². The van der Waals surface area contributed by atoms with Gasteiger partial charge in [-0.05, 0) is 18.8 Å². The van der Waals surface area contributed by atoms with Crippen molar-refractivity contribution in [2.24, 2.45) is 5.92 Å². The van der Waals surface area contributed by atoms with Crippen molar-refractivity contribution in [1.29, 1.82) is 0 Å². The Hall–Kier alpha value is -0.520. The molecule has 16 heavy (non-hydrogen) atoms. The Balaban J connectivity index is 1.81. The van der Waals surface area contributed by atoms with Crippen molar-refractivity contribution >= 4 is 0 Å². The standard InChI is InChI=1S/C16H28/c1-2-3-4-5-6-7-8-10-13-16-14-11-9-12-15-16/h9,11-12,14,16H,2-8,10,13,15H2,1H3. The first-order valence-corrected chi connectivity index (χ1v) is 7.27. The first-order valence-electron chi connectivity index (χ1n) is 7.27. The van der Waals surface area contributed by atoms with Crippen LogP contribution in [0, 0.1) is 5.92 Å². The Morgan fingerprint density at radius 1 is 0.875 bits per heavy atom. The monoisotopic (exact) mass is 220 g/mol. The molecule has 0 aromatic heterocycles. The molecule has 0 nitrogen and oxygen atoms in total. The molecule has 0 saturated carbocycles. The molecule has 1 aliphatic rings. The summed E-state index contributed by atoms with van der Waals surface area (Å²) in [6.45, 7) is 2.28. The summed E-state index contributed by atoms with van der Waals surface area (Å²) >= 11 is 0. The molecule has 0 aromatic rings. The summed E-state index contributed by atoms with van der Waals surface area (Å²) in [5.74, 6) is 0.838. The molecule has 0 fully saturated rings. The molecule has 1 rings (SSSR count). The quantitative estimate of drug-likeness (QED) is 0.440. The maximum atomic E-state index is 2.38. The van der Waals surface area contributed by atoms with Crippen LogP contribution >= 0.6 is 0 Å². The summed E-state index contributed by atoms with van der Waals surface area (Å²) in [5.41, 5.74) is 0. The fourth-order valence-corrected chi connectivity index (χ4v) is 2.39. The van der Waals surface area contributed by atoms with E-state index in [2.05, 4.69) is 31.2 Å². The van der Waals surface area contributed by atoms with E-state index >= 15 is 0 Å². The average molecular weight is 220 g/mol. The minimum absolute atomic E-state index is 0.838. The molecular formula is C16H28. The van der Waals surface area contributed by atoms with Gasteiger partial charge < -0.3 is 0 Å². The lowest BCUT2D eigenvalue weighted by Crippen LogP contribution is -1.97. The number of allylic oxidation sites excluding steroid dienone is 4. The van der Waals surface area contributed by atoms with Crippen LogP contribution in [0.1, 0.15) is 71.1 Å². The van der Waals surface area contributed by atoms with Gasteiger partial charge in [0.25, 0.3) is 0 Å². The summed E-state index contributed by atoms with van der Waals surface area (Å²) in [4.78, 5) is 0. The molecule has 92 valence electrons. The van der Waals surface area contributed by atoms with Gasteiger partial charge in [0.15, 0.2) is 0 Å². The Kier molecular flexibility index (Phi) is 8.20. The van der Waals surface area contributed by atoms with Gasteiger partial charge in [0, 0.05) is 0 Å². The van der Waals surface area contributed by atoms with E-state index in [1.165, 1.54) is 64.2 Å². The lowest BCUT2D eigenvalue weighted by atomic mass is 9.94. The highest BCUT2D eigenvalue weighted by molar-refractivity contribution is 5.10. The first-order chi connectivity index (χ1) is 7.93. The SMILES string of the molecule is CCCCCCCCCCC1C=CC=CC1. The fraction of sp³-hybridized carbons (Fsp3) is 0.750. The highest BCUT2D eigenvalue weighted by Gasteiger charge is 2.04. The molecule has 1 atom stereocenters. The lowest BCUT2D eigenvalue weighted by molar-refractivity contribution is 0.514. The smallest absolute Gasteiger partial charge is 0.0196 e. The molecule has 0 heterocycles. The Bertz CT molecular complexity index is 200. The van der Waals surface area contributed by atoms with Crippen molar-refractivity contribution in [1.82, 2.24) is 0 Å². The van der Waals surface area contributed by atoms with E-state index in [9.17, 15) is 0 Å². The lowest BCUT2D eigenvalue weighted by Gasteiger charge is -2.12. The first kappa shape index (κ1) is 13.5. The van der Waals surface area contributed by atoms with Crippen molar-refractivity contribution in [2.75, 3.05) is 0 Å². The number of hydrogen-bond donors (Lipinski definition) is 0. The van der Waals surface area contributed by atoms with Crippen molar-refractivity contribution in [3.05, 3.63) is 24.3 Å². The molecule has 0 spiro atoms. The van der Waals surface area contributed by atoms with Gasteiger partial charge >= 0.3 is 0 Å². The van der Waals surface area contributed by atoms with Crippen LogP contribution < -0.4 is 0 Å². The number of rotatable bonds is 9. The zero-order valence-electron chi connectivity index (χ0n) is 11.0. The minimum atomic E-state index is 0.838. The van der Waals surface area contributed by atoms with E-state index in [0.29, 0.717) is 0 Å². The van der Waals surface area contributed by atoms with Gasteiger partial charge in [-0.15, -0.1) is 0 Å². The third-order valence-corrected chi connectivity index (χ3v) is 3.50. The van der Waals surface area contributed by atoms with E-state index in [4.69, 9.17) is 0 Å². The van der Waals surface area contributed by atoms with Gasteiger partial charge in [-0.3, -0.25) is 0 Å². The van der Waals surface area contributed by atoms with Crippen LogP contribution in [0.2, 0.25) is 0 Å². The van der Waals surface area contributed by atoms with E-state index < -0.39 is 0 Å². The van der Waals surface area contributed by atoms with Gasteiger partial charge in [0.05, 0.1) is 0 Å². The molecule has 1 aliphatic carbocycles. The third kappa shape index (κ3) is 6.87. The second-order valence-electron chi connectivity index (χ2n) is 5.07. The predicted octanol–water partition coefficient (Wildman–Crippen LogP) is 5.65. The molecule has 0 radical (unpaired) electrons. The van der Waals surface area contributed by atoms with E-state index in [1.54, 1.807) is 0 Å². The molecule has 0 saturated heterocycles. The maximum absolute atomic E-state index is 2.38. The zero-order chi connectivity index (χ0) is 11.5. The highest BCUT2D eigenvalue weighted by atomic mass is 14.1. The number of hydrogen-bond acceptors (Lipinski definition) is 0.